The van der Waals surface area contributed by atoms with Crippen LogP contribution in [0.4, 0.5) is 4.39 Å². The number of hydrogen-bond acceptors (Lipinski definition) is 2. The molecule has 0 aliphatic carbocycles. The molecule has 2 heterocycles. The molecule has 1 aromatic heterocycles. The lowest BCUT2D eigenvalue weighted by Crippen LogP contribution is -2.40. The topological polar surface area (TPSA) is 38.1 Å². The summed E-state index contributed by atoms with van der Waals surface area (Å²) in [6.07, 6.45) is 2.07. The van der Waals surface area contributed by atoms with Gasteiger partial charge in [-0.05, 0) is 43.5 Å². The van der Waals surface area contributed by atoms with Gasteiger partial charge < -0.3 is 9.47 Å². The summed E-state index contributed by atoms with van der Waals surface area (Å²) < 4.78 is 16.3. The van der Waals surface area contributed by atoms with Crippen LogP contribution in [0.25, 0.3) is 22.4 Å². The Hall–Kier alpha value is -3.47. The molecular weight excluding hydrogens is 401 g/mol. The van der Waals surface area contributed by atoms with Crippen molar-refractivity contribution in [3.05, 3.63) is 89.7 Å². The maximum absolute atomic E-state index is 14.1. The van der Waals surface area contributed by atoms with Crippen LogP contribution < -0.4 is 0 Å². The number of carbonyl (C=O) groups is 1. The number of benzene rings is 3. The van der Waals surface area contributed by atoms with Crippen LogP contribution in [0, 0.1) is 12.7 Å². The summed E-state index contributed by atoms with van der Waals surface area (Å²) in [7, 11) is 0. The van der Waals surface area contributed by atoms with Crippen molar-refractivity contribution in [2.24, 2.45) is 0 Å². The van der Waals surface area contributed by atoms with Gasteiger partial charge in [0, 0.05) is 24.7 Å². The van der Waals surface area contributed by atoms with Crippen LogP contribution in [0.15, 0.2) is 72.8 Å². The molecule has 0 saturated carbocycles. The molecule has 1 saturated heterocycles. The van der Waals surface area contributed by atoms with Gasteiger partial charge in [0.05, 0.1) is 17.5 Å². The minimum Gasteiger partial charge on any atom is -0.342 e. The van der Waals surface area contributed by atoms with Crippen molar-refractivity contribution in [1.82, 2.24) is 14.5 Å². The van der Waals surface area contributed by atoms with Crippen molar-refractivity contribution in [3.63, 3.8) is 0 Å². The first kappa shape index (κ1) is 20.4. The number of halogens is 1. The highest BCUT2D eigenvalue weighted by molar-refractivity contribution is 5.81. The molecular formula is C27H26FN3O. The van der Waals surface area contributed by atoms with E-state index in [1.165, 1.54) is 11.6 Å². The van der Waals surface area contributed by atoms with Crippen LogP contribution in [0.1, 0.15) is 30.0 Å². The Morgan fingerprint density at radius 2 is 1.78 bits per heavy atom. The Morgan fingerprint density at radius 1 is 1.00 bits per heavy atom. The first-order valence-corrected chi connectivity index (χ1v) is 11.1. The number of likely N-dealkylation sites (tertiary alicyclic amines) is 1. The van der Waals surface area contributed by atoms with Gasteiger partial charge in [-0.25, -0.2) is 9.37 Å². The third-order valence-corrected chi connectivity index (χ3v) is 6.30. The second-order valence-electron chi connectivity index (χ2n) is 8.58. The van der Waals surface area contributed by atoms with Gasteiger partial charge in [0.1, 0.15) is 11.6 Å². The van der Waals surface area contributed by atoms with E-state index in [4.69, 9.17) is 4.98 Å². The molecule has 1 aliphatic rings. The number of fused-ring (bicyclic) bond motifs is 1. The Kier molecular flexibility index (Phi) is 5.48. The third kappa shape index (κ3) is 4.03. The zero-order chi connectivity index (χ0) is 22.1. The predicted molar refractivity (Wildman–Crippen MR) is 125 cm³/mol. The molecule has 5 heteroatoms. The summed E-state index contributed by atoms with van der Waals surface area (Å²) >= 11 is 0. The molecule has 0 radical (unpaired) electrons. The normalized spacial score (nSPS) is 14.8. The van der Waals surface area contributed by atoms with Crippen molar-refractivity contribution < 1.29 is 9.18 Å². The highest BCUT2D eigenvalue weighted by atomic mass is 19.1. The maximum atomic E-state index is 14.1. The Balaban J connectivity index is 1.39. The van der Waals surface area contributed by atoms with E-state index in [1.54, 1.807) is 12.1 Å². The van der Waals surface area contributed by atoms with Crippen LogP contribution in [0.3, 0.4) is 0 Å². The number of amides is 1. The molecule has 0 atom stereocenters. The van der Waals surface area contributed by atoms with E-state index >= 15 is 0 Å². The van der Waals surface area contributed by atoms with E-state index in [0.29, 0.717) is 19.5 Å². The fourth-order valence-corrected chi connectivity index (χ4v) is 4.71. The second-order valence-corrected chi connectivity index (χ2v) is 8.58. The highest BCUT2D eigenvalue weighted by Gasteiger charge is 2.27. The second kappa shape index (κ2) is 8.58. The van der Waals surface area contributed by atoms with Gasteiger partial charge in [-0.1, -0.05) is 60.2 Å². The summed E-state index contributed by atoms with van der Waals surface area (Å²) in [6, 6.07) is 23.1. The molecule has 162 valence electrons. The quantitative estimate of drug-likeness (QED) is 0.428. The van der Waals surface area contributed by atoms with Crippen LogP contribution in [0.2, 0.25) is 0 Å². The summed E-state index contributed by atoms with van der Waals surface area (Å²) in [5.74, 6) is 0.763. The fraction of sp³-hybridized carbons (Fsp3) is 0.259. The molecule has 1 fully saturated rings. The average Bonchev–Trinajstić information content (AvgIpc) is 3.18. The number of hydrogen-bond donors (Lipinski definition) is 0. The zero-order valence-corrected chi connectivity index (χ0v) is 18.2. The van der Waals surface area contributed by atoms with Gasteiger partial charge >= 0.3 is 0 Å². The van der Waals surface area contributed by atoms with Crippen molar-refractivity contribution in [2.45, 2.75) is 32.2 Å². The number of carbonyl (C=O) groups excluding carboxylic acids is 1. The maximum Gasteiger partial charge on any atom is 0.226 e. The van der Waals surface area contributed by atoms with Gasteiger partial charge in [0.15, 0.2) is 0 Å². The van der Waals surface area contributed by atoms with Crippen LogP contribution in [-0.2, 0) is 11.2 Å². The number of piperidine rings is 1. The van der Waals surface area contributed by atoms with Gasteiger partial charge in [-0.3, -0.25) is 4.79 Å². The Morgan fingerprint density at radius 3 is 2.53 bits per heavy atom. The molecule has 4 nitrogen and oxygen atoms in total. The smallest absolute Gasteiger partial charge is 0.226 e. The molecule has 4 aromatic rings. The first-order valence-electron chi connectivity index (χ1n) is 11.1. The Bertz CT molecular complexity index is 1260. The van der Waals surface area contributed by atoms with E-state index < -0.39 is 0 Å². The molecule has 1 amide bonds. The molecule has 1 aliphatic heterocycles. The monoisotopic (exact) mass is 427 g/mol. The fourth-order valence-electron chi connectivity index (χ4n) is 4.71. The van der Waals surface area contributed by atoms with Crippen molar-refractivity contribution >= 4 is 16.9 Å². The molecule has 3 aromatic carbocycles. The molecule has 32 heavy (non-hydrogen) atoms. The van der Waals surface area contributed by atoms with Gasteiger partial charge in [-0.15, -0.1) is 0 Å². The zero-order valence-electron chi connectivity index (χ0n) is 18.2. The van der Waals surface area contributed by atoms with E-state index in [9.17, 15) is 9.18 Å². The lowest BCUT2D eigenvalue weighted by atomic mass is 10.0. The molecule has 0 spiro atoms. The highest BCUT2D eigenvalue weighted by Crippen LogP contribution is 2.33. The van der Waals surface area contributed by atoms with Gasteiger partial charge in [0.2, 0.25) is 5.91 Å². The third-order valence-electron chi connectivity index (χ3n) is 6.30. The van der Waals surface area contributed by atoms with E-state index in [1.807, 2.05) is 60.4 Å². The van der Waals surface area contributed by atoms with Crippen molar-refractivity contribution in [2.75, 3.05) is 13.1 Å². The van der Waals surface area contributed by atoms with Crippen molar-refractivity contribution in [3.8, 4) is 11.4 Å². The molecule has 5 rings (SSSR count). The van der Waals surface area contributed by atoms with Crippen molar-refractivity contribution in [1.29, 1.82) is 0 Å². The standard InChI is InChI=1S/C27H26FN3O/c1-19-6-5-7-20(16-19)17-26(32)30-14-12-23(13-15-30)31-25-18-22(28)10-11-24(25)29-27(31)21-8-3-2-4-9-21/h2-11,16,18,23H,12-15,17H2,1H3. The summed E-state index contributed by atoms with van der Waals surface area (Å²) in [6.45, 7) is 3.43. The molecule has 0 unspecified atom stereocenters. The predicted octanol–water partition coefficient (Wildman–Crippen LogP) is 5.56. The average molecular weight is 428 g/mol. The first-order chi connectivity index (χ1) is 15.6. The number of aromatic nitrogens is 2. The number of nitrogens with zero attached hydrogens (tertiary/aromatic N) is 3. The number of imidazole rings is 1. The minimum absolute atomic E-state index is 0.166. The number of aryl methyl sites for hydroxylation is 1. The van der Waals surface area contributed by atoms with Crippen LogP contribution in [0.5, 0.6) is 0 Å². The molecule has 0 N–H and O–H groups in total. The summed E-state index contributed by atoms with van der Waals surface area (Å²) in [5.41, 5.74) is 4.85. The van der Waals surface area contributed by atoms with Crippen LogP contribution in [-0.4, -0.2) is 33.4 Å². The molecule has 0 bridgehead atoms. The minimum atomic E-state index is -0.260. The summed E-state index contributed by atoms with van der Waals surface area (Å²) in [4.78, 5) is 19.7. The Labute approximate surface area is 187 Å². The number of rotatable bonds is 4. The lowest BCUT2D eigenvalue weighted by molar-refractivity contribution is -0.131. The summed E-state index contributed by atoms with van der Waals surface area (Å²) in [5, 5.41) is 0. The van der Waals surface area contributed by atoms with Gasteiger partial charge in [-0.2, -0.15) is 0 Å². The van der Waals surface area contributed by atoms with Crippen LogP contribution >= 0.6 is 0 Å². The van der Waals surface area contributed by atoms with E-state index in [-0.39, 0.29) is 17.8 Å². The SMILES string of the molecule is Cc1cccc(CC(=O)N2CCC(n3c(-c4ccccc4)nc4ccc(F)cc43)CC2)c1. The van der Waals surface area contributed by atoms with E-state index in [2.05, 4.69) is 10.6 Å². The largest absolute Gasteiger partial charge is 0.342 e. The van der Waals surface area contributed by atoms with E-state index in [0.717, 1.165) is 40.8 Å². The van der Waals surface area contributed by atoms with Gasteiger partial charge in [0.25, 0.3) is 0 Å². The lowest BCUT2D eigenvalue weighted by Gasteiger charge is -2.34.